The Morgan fingerprint density at radius 3 is 2.48 bits per heavy atom. The first-order valence-electron chi connectivity index (χ1n) is 10.8. The van der Waals surface area contributed by atoms with Gasteiger partial charge >= 0.3 is 0 Å². The number of hydrogen-bond acceptors (Lipinski definition) is 5. The smallest absolute Gasteiger partial charge is 0.276 e. The van der Waals surface area contributed by atoms with Crippen LogP contribution in [-0.4, -0.2) is 45.7 Å². The summed E-state index contributed by atoms with van der Waals surface area (Å²) in [4.78, 5) is 47.8. The van der Waals surface area contributed by atoms with Crippen LogP contribution in [0, 0.1) is 12.8 Å². The molecule has 33 heavy (non-hydrogen) atoms. The molecule has 0 bridgehead atoms. The van der Waals surface area contributed by atoms with Crippen molar-refractivity contribution in [2.24, 2.45) is 11.7 Å². The van der Waals surface area contributed by atoms with E-state index in [4.69, 9.17) is 5.73 Å². The van der Waals surface area contributed by atoms with Gasteiger partial charge in [-0.15, -0.1) is 0 Å². The Hall–Kier alpha value is -4.07. The summed E-state index contributed by atoms with van der Waals surface area (Å²) in [7, 11) is 0. The first-order chi connectivity index (χ1) is 15.9. The molecule has 8 heteroatoms. The van der Waals surface area contributed by atoms with Crippen molar-refractivity contribution in [3.8, 4) is 11.3 Å². The van der Waals surface area contributed by atoms with Crippen LogP contribution < -0.4 is 11.1 Å². The number of amides is 3. The fourth-order valence-electron chi connectivity index (χ4n) is 3.88. The zero-order valence-corrected chi connectivity index (χ0v) is 18.3. The molecule has 2 aromatic carbocycles. The lowest BCUT2D eigenvalue weighted by Crippen LogP contribution is -2.41. The maximum absolute atomic E-state index is 13.0. The van der Waals surface area contributed by atoms with Crippen molar-refractivity contribution in [1.82, 2.24) is 14.9 Å². The number of likely N-dealkylation sites (tertiary alicyclic amines) is 1. The average Bonchev–Trinajstić information content (AvgIpc) is 2.84. The molecule has 0 atom stereocenters. The van der Waals surface area contributed by atoms with Crippen LogP contribution in [0.3, 0.4) is 0 Å². The topological polar surface area (TPSA) is 118 Å². The lowest BCUT2D eigenvalue weighted by molar-refractivity contribution is -0.123. The first kappa shape index (κ1) is 22.1. The number of nitrogens with two attached hydrogens (primary N) is 1. The summed E-state index contributed by atoms with van der Waals surface area (Å²) in [6.45, 7) is 2.71. The van der Waals surface area contributed by atoms with Crippen LogP contribution in [0.4, 0.5) is 5.69 Å². The molecule has 2 heterocycles. The molecule has 1 saturated heterocycles. The molecule has 8 nitrogen and oxygen atoms in total. The van der Waals surface area contributed by atoms with E-state index in [0.717, 1.165) is 0 Å². The van der Waals surface area contributed by atoms with Gasteiger partial charge in [-0.25, -0.2) is 4.98 Å². The van der Waals surface area contributed by atoms with Gasteiger partial charge in [-0.3, -0.25) is 19.4 Å². The summed E-state index contributed by atoms with van der Waals surface area (Å²) in [6.07, 6.45) is 2.74. The second-order valence-corrected chi connectivity index (χ2v) is 8.06. The normalized spacial score (nSPS) is 14.0. The van der Waals surface area contributed by atoms with E-state index in [1.54, 1.807) is 48.4 Å². The second kappa shape index (κ2) is 9.60. The average molecular weight is 452 g/mol. The number of carbonyl (C=O) groups excluding carboxylic acids is 3. The Morgan fingerprint density at radius 2 is 1.79 bits per heavy atom. The van der Waals surface area contributed by atoms with E-state index in [9.17, 15) is 14.4 Å². The monoisotopic (exact) mass is 451 g/mol. The molecule has 4 rings (SSSR count). The third-order valence-corrected chi connectivity index (χ3v) is 5.79. The molecule has 0 saturated carbocycles. The minimum atomic E-state index is -0.349. The molecule has 1 aliphatic heterocycles. The van der Waals surface area contributed by atoms with Crippen molar-refractivity contribution in [1.29, 1.82) is 0 Å². The highest BCUT2D eigenvalue weighted by Crippen LogP contribution is 2.23. The van der Waals surface area contributed by atoms with E-state index >= 15 is 0 Å². The number of aryl methyl sites for hydroxylation is 1. The number of benzene rings is 2. The Labute approximate surface area is 197 Å². The van der Waals surface area contributed by atoms with Crippen LogP contribution in [0.25, 0.3) is 11.3 Å². The molecular weight excluding hydrogens is 418 g/mol. The number of primary amides is 1. The summed E-state index contributed by atoms with van der Waals surface area (Å²) >= 11 is 0. The zero-order valence-electron chi connectivity index (χ0n) is 18.3. The van der Waals surface area contributed by atoms with Crippen molar-refractivity contribution >= 4 is 23.4 Å². The van der Waals surface area contributed by atoms with Gasteiger partial charge in [0.25, 0.3) is 11.8 Å². The molecular formula is C25H33N5O3. The Balaban J connectivity index is 0.00000324. The Kier molecular flexibility index (Phi) is 6.44. The molecule has 0 unspecified atom stereocenters. The van der Waals surface area contributed by atoms with Gasteiger partial charge in [-0.2, -0.15) is 0 Å². The summed E-state index contributed by atoms with van der Waals surface area (Å²) in [5, 5.41) is 2.83. The maximum atomic E-state index is 13.0. The minimum Gasteiger partial charge on any atom is -0.369 e. The minimum absolute atomic E-state index is 0. The second-order valence-electron chi connectivity index (χ2n) is 8.06. The van der Waals surface area contributed by atoms with Gasteiger partial charge in [0.05, 0.1) is 17.6 Å². The number of hydrogen-bond donors (Lipinski definition) is 2. The number of anilines is 1. The highest BCUT2D eigenvalue weighted by atomic mass is 16.2. The number of para-hydroxylation sites is 1. The van der Waals surface area contributed by atoms with Gasteiger partial charge in [0, 0.05) is 41.5 Å². The van der Waals surface area contributed by atoms with Crippen molar-refractivity contribution < 1.29 is 20.1 Å². The van der Waals surface area contributed by atoms with E-state index in [0.29, 0.717) is 54.1 Å². The highest BCUT2D eigenvalue weighted by molar-refractivity contribution is 6.04. The van der Waals surface area contributed by atoms with E-state index in [1.807, 2.05) is 24.3 Å². The van der Waals surface area contributed by atoms with Gasteiger partial charge in [0.1, 0.15) is 5.69 Å². The van der Waals surface area contributed by atoms with Crippen LogP contribution in [0.15, 0.2) is 60.8 Å². The summed E-state index contributed by atoms with van der Waals surface area (Å²) in [5.41, 5.74) is 8.50. The van der Waals surface area contributed by atoms with Crippen LogP contribution in [0.2, 0.25) is 0 Å². The highest BCUT2D eigenvalue weighted by Gasteiger charge is 2.26. The molecule has 176 valence electrons. The molecule has 0 radical (unpaired) electrons. The molecule has 3 aromatic rings. The van der Waals surface area contributed by atoms with Crippen LogP contribution in [0.5, 0.6) is 0 Å². The van der Waals surface area contributed by atoms with Crippen molar-refractivity contribution in [3.05, 3.63) is 77.7 Å². The zero-order chi connectivity index (χ0) is 23.4. The third kappa shape index (κ3) is 5.06. The molecule has 3 N–H and O–H groups in total. The molecule has 1 fully saturated rings. The quantitative estimate of drug-likeness (QED) is 0.607. The van der Waals surface area contributed by atoms with Gasteiger partial charge in [-0.05, 0) is 44.0 Å². The number of nitrogens with one attached hydrogen (secondary N) is 1. The lowest BCUT2D eigenvalue weighted by atomic mass is 9.95. The standard InChI is InChI=1S/C25H25N5O3.4H2/c1-16-22(24(32)28-20-8-3-2-4-9-20)29-21(15-27-16)18-6-5-7-19(14-18)25(33)30-12-10-17(11-13-30)23(26)31;;;;/h2-9,14-15,17H,10-13H2,1H3,(H2,26,31)(H,28,32);4*1H. The number of rotatable bonds is 5. The van der Waals surface area contributed by atoms with Crippen LogP contribution >= 0.6 is 0 Å². The fourth-order valence-corrected chi connectivity index (χ4v) is 3.88. The Morgan fingerprint density at radius 1 is 1.06 bits per heavy atom. The molecule has 0 aliphatic carbocycles. The summed E-state index contributed by atoms with van der Waals surface area (Å²) in [5.74, 6) is -0.947. The number of aromatic nitrogens is 2. The van der Waals surface area contributed by atoms with Gasteiger partial charge in [0.15, 0.2) is 0 Å². The van der Waals surface area contributed by atoms with Crippen molar-refractivity contribution in [2.45, 2.75) is 19.8 Å². The Bertz CT molecular complexity index is 1210. The van der Waals surface area contributed by atoms with E-state index < -0.39 is 0 Å². The summed E-state index contributed by atoms with van der Waals surface area (Å²) < 4.78 is 0. The van der Waals surface area contributed by atoms with Crippen molar-refractivity contribution in [3.63, 3.8) is 0 Å². The third-order valence-electron chi connectivity index (χ3n) is 5.79. The van der Waals surface area contributed by atoms with Crippen molar-refractivity contribution in [2.75, 3.05) is 18.4 Å². The van der Waals surface area contributed by atoms with Gasteiger partial charge in [-0.1, -0.05) is 30.3 Å². The first-order valence-corrected chi connectivity index (χ1v) is 10.8. The number of piperidine rings is 1. The summed E-state index contributed by atoms with van der Waals surface area (Å²) in [6, 6.07) is 16.2. The largest absolute Gasteiger partial charge is 0.369 e. The van der Waals surface area contributed by atoms with Gasteiger partial charge < -0.3 is 16.0 Å². The van der Waals surface area contributed by atoms with Crippen LogP contribution in [0.1, 0.15) is 45.1 Å². The molecule has 1 aromatic heterocycles. The molecule has 1 aliphatic rings. The SMILES string of the molecule is Cc1ncc(-c2cccc(C(=O)N3CCC(C(N)=O)CC3)c2)nc1C(=O)Nc1ccccc1.[HH].[HH].[HH].[HH]. The molecule has 0 spiro atoms. The maximum Gasteiger partial charge on any atom is 0.276 e. The number of nitrogens with zero attached hydrogens (tertiary/aromatic N) is 3. The molecule has 3 amide bonds. The van der Waals surface area contributed by atoms with Gasteiger partial charge in [0.2, 0.25) is 5.91 Å². The van der Waals surface area contributed by atoms with Crippen LogP contribution in [-0.2, 0) is 4.79 Å². The lowest BCUT2D eigenvalue weighted by Gasteiger charge is -2.30. The predicted molar refractivity (Wildman–Crippen MR) is 133 cm³/mol. The van der Waals surface area contributed by atoms with E-state index in [-0.39, 0.29) is 35.0 Å². The fraction of sp³-hybridized carbons (Fsp3) is 0.240. The number of carbonyl (C=O) groups is 3. The predicted octanol–water partition coefficient (Wildman–Crippen LogP) is 4.03. The van der Waals surface area contributed by atoms with E-state index in [2.05, 4.69) is 15.3 Å². The van der Waals surface area contributed by atoms with E-state index in [1.165, 1.54) is 0 Å².